The minimum atomic E-state index is -0.490. The molecule has 0 spiro atoms. The molecule has 2 rings (SSSR count). The maximum atomic E-state index is 13.3. The second-order valence-electron chi connectivity index (χ2n) is 4.05. The number of halogens is 2. The molecular weight excluding hydrogens is 250 g/mol. The van der Waals surface area contributed by atoms with Crippen LogP contribution in [0.2, 0.25) is 0 Å². The first-order valence-corrected chi connectivity index (χ1v) is 5.71. The van der Waals surface area contributed by atoms with Crippen LogP contribution in [0.15, 0.2) is 36.4 Å². The van der Waals surface area contributed by atoms with Gasteiger partial charge in [-0.25, -0.2) is 8.78 Å². The Labute approximate surface area is 110 Å². The van der Waals surface area contributed by atoms with E-state index >= 15 is 0 Å². The molecule has 0 saturated heterocycles. The molecule has 0 radical (unpaired) electrons. The van der Waals surface area contributed by atoms with Crippen molar-refractivity contribution in [1.82, 2.24) is 0 Å². The molecule has 5 heteroatoms. The van der Waals surface area contributed by atoms with E-state index in [1.54, 1.807) is 12.1 Å². The van der Waals surface area contributed by atoms with Crippen molar-refractivity contribution >= 4 is 11.4 Å². The molecule has 2 aromatic carbocycles. The zero-order valence-electron chi connectivity index (χ0n) is 10.4. The van der Waals surface area contributed by atoms with Gasteiger partial charge in [-0.2, -0.15) is 0 Å². The van der Waals surface area contributed by atoms with E-state index in [2.05, 4.69) is 5.32 Å². The van der Waals surface area contributed by atoms with Gasteiger partial charge in [-0.3, -0.25) is 0 Å². The fourth-order valence-electron chi connectivity index (χ4n) is 1.72. The average Bonchev–Trinajstić information content (AvgIpc) is 2.40. The molecule has 19 heavy (non-hydrogen) atoms. The Morgan fingerprint density at radius 1 is 1.16 bits per heavy atom. The van der Waals surface area contributed by atoms with Crippen LogP contribution in [0.5, 0.6) is 5.75 Å². The summed E-state index contributed by atoms with van der Waals surface area (Å²) in [6.07, 6.45) is 0. The summed E-state index contributed by atoms with van der Waals surface area (Å²) in [6.45, 7) is 0.324. The molecule has 0 fully saturated rings. The zero-order chi connectivity index (χ0) is 13.8. The molecule has 2 aromatic rings. The molecule has 0 unspecified atom stereocenters. The van der Waals surface area contributed by atoms with Crippen molar-refractivity contribution in [1.29, 1.82) is 0 Å². The highest BCUT2D eigenvalue weighted by atomic mass is 19.1. The number of ether oxygens (including phenoxy) is 1. The lowest BCUT2D eigenvalue weighted by atomic mass is 10.2. The van der Waals surface area contributed by atoms with E-state index in [4.69, 9.17) is 10.5 Å². The summed E-state index contributed by atoms with van der Waals surface area (Å²) in [4.78, 5) is 0. The van der Waals surface area contributed by atoms with Gasteiger partial charge in [-0.15, -0.1) is 0 Å². The largest absolute Gasteiger partial charge is 0.496 e. The molecule has 0 atom stereocenters. The van der Waals surface area contributed by atoms with Crippen LogP contribution in [0.4, 0.5) is 20.2 Å². The fourth-order valence-corrected chi connectivity index (χ4v) is 1.72. The van der Waals surface area contributed by atoms with Crippen molar-refractivity contribution in [3.8, 4) is 5.75 Å². The number of nitrogen functional groups attached to an aromatic ring is 1. The topological polar surface area (TPSA) is 47.3 Å². The second-order valence-corrected chi connectivity index (χ2v) is 4.05. The number of hydrogen-bond donors (Lipinski definition) is 2. The summed E-state index contributed by atoms with van der Waals surface area (Å²) in [7, 11) is 1.51. The lowest BCUT2D eigenvalue weighted by Gasteiger charge is -2.11. The lowest BCUT2D eigenvalue weighted by Crippen LogP contribution is -2.03. The predicted molar refractivity (Wildman–Crippen MR) is 71.1 cm³/mol. The Hall–Kier alpha value is -2.30. The molecule has 100 valence electrons. The molecule has 0 aliphatic carbocycles. The van der Waals surface area contributed by atoms with Crippen molar-refractivity contribution in [2.75, 3.05) is 18.2 Å². The summed E-state index contributed by atoms with van der Waals surface area (Å²) in [5.74, 6) is -0.262. The number of anilines is 2. The van der Waals surface area contributed by atoms with Gasteiger partial charge in [0.25, 0.3) is 0 Å². The van der Waals surface area contributed by atoms with Crippen molar-refractivity contribution in [3.05, 3.63) is 53.6 Å². The minimum Gasteiger partial charge on any atom is -0.496 e. The molecule has 0 heterocycles. The van der Waals surface area contributed by atoms with Gasteiger partial charge in [0.05, 0.1) is 12.8 Å². The number of nitrogens with one attached hydrogen (secondary N) is 1. The Morgan fingerprint density at radius 3 is 2.63 bits per heavy atom. The zero-order valence-corrected chi connectivity index (χ0v) is 10.4. The first-order valence-electron chi connectivity index (χ1n) is 5.71. The van der Waals surface area contributed by atoms with Gasteiger partial charge in [-0.1, -0.05) is 0 Å². The van der Waals surface area contributed by atoms with Gasteiger partial charge in [0, 0.05) is 17.8 Å². The second kappa shape index (κ2) is 5.56. The van der Waals surface area contributed by atoms with Gasteiger partial charge >= 0.3 is 0 Å². The molecule has 0 bridgehead atoms. The highest BCUT2D eigenvalue weighted by molar-refractivity contribution is 5.53. The smallest absolute Gasteiger partial charge is 0.148 e. The van der Waals surface area contributed by atoms with Crippen molar-refractivity contribution < 1.29 is 13.5 Å². The Kier molecular flexibility index (Phi) is 3.85. The van der Waals surface area contributed by atoms with Crippen molar-refractivity contribution in [2.24, 2.45) is 0 Å². The average molecular weight is 264 g/mol. The minimum absolute atomic E-state index is 0.0916. The van der Waals surface area contributed by atoms with Crippen LogP contribution < -0.4 is 15.8 Å². The Bertz CT molecular complexity index is 588. The normalized spacial score (nSPS) is 10.3. The van der Waals surface area contributed by atoms with Crippen LogP contribution in [-0.4, -0.2) is 7.11 Å². The van der Waals surface area contributed by atoms with E-state index in [1.807, 2.05) is 0 Å². The van der Waals surface area contributed by atoms with Crippen molar-refractivity contribution in [3.63, 3.8) is 0 Å². The molecule has 3 nitrogen and oxygen atoms in total. The third-order valence-corrected chi connectivity index (χ3v) is 2.73. The molecule has 0 aromatic heterocycles. The summed E-state index contributed by atoms with van der Waals surface area (Å²) in [6, 6.07) is 8.67. The van der Waals surface area contributed by atoms with Crippen LogP contribution in [0.25, 0.3) is 0 Å². The maximum absolute atomic E-state index is 13.3. The summed E-state index contributed by atoms with van der Waals surface area (Å²) < 4.78 is 31.6. The first kappa shape index (κ1) is 13.1. The Balaban J connectivity index is 2.13. The van der Waals surface area contributed by atoms with Crippen LogP contribution in [0.3, 0.4) is 0 Å². The third-order valence-electron chi connectivity index (χ3n) is 2.73. The van der Waals surface area contributed by atoms with E-state index in [0.29, 0.717) is 23.5 Å². The molecular formula is C14H14F2N2O. The highest BCUT2D eigenvalue weighted by Gasteiger charge is 2.05. The number of nitrogens with two attached hydrogens (primary N) is 1. The monoisotopic (exact) mass is 264 g/mol. The van der Waals surface area contributed by atoms with Crippen LogP contribution >= 0.6 is 0 Å². The van der Waals surface area contributed by atoms with Gasteiger partial charge in [0.15, 0.2) is 0 Å². The number of rotatable bonds is 4. The van der Waals surface area contributed by atoms with Crippen LogP contribution in [-0.2, 0) is 6.54 Å². The fraction of sp³-hybridized carbons (Fsp3) is 0.143. The van der Waals surface area contributed by atoms with Gasteiger partial charge in [0.1, 0.15) is 17.4 Å². The maximum Gasteiger partial charge on any atom is 0.148 e. The molecule has 0 amide bonds. The number of benzene rings is 2. The quantitative estimate of drug-likeness (QED) is 0.834. The van der Waals surface area contributed by atoms with E-state index in [9.17, 15) is 8.78 Å². The van der Waals surface area contributed by atoms with E-state index in [0.717, 1.165) is 0 Å². The standard InChI is InChI=1S/C14H14F2N2O/c1-19-14-5-2-10(15)6-9(14)8-18-11-3-4-13(17)12(16)7-11/h2-7,18H,8,17H2,1H3. The lowest BCUT2D eigenvalue weighted by molar-refractivity contribution is 0.409. The Morgan fingerprint density at radius 2 is 1.95 bits per heavy atom. The van der Waals surface area contributed by atoms with Crippen LogP contribution in [0, 0.1) is 11.6 Å². The van der Waals surface area contributed by atoms with E-state index in [1.165, 1.54) is 31.4 Å². The molecule has 0 saturated carbocycles. The van der Waals surface area contributed by atoms with Crippen molar-refractivity contribution in [2.45, 2.75) is 6.54 Å². The molecule has 0 aliphatic rings. The predicted octanol–water partition coefficient (Wildman–Crippen LogP) is 3.17. The van der Waals surface area contributed by atoms with Gasteiger partial charge < -0.3 is 15.8 Å². The first-order chi connectivity index (χ1) is 9.10. The van der Waals surface area contributed by atoms with Crippen LogP contribution in [0.1, 0.15) is 5.56 Å². The van der Waals surface area contributed by atoms with Gasteiger partial charge in [0.2, 0.25) is 0 Å². The van der Waals surface area contributed by atoms with E-state index in [-0.39, 0.29) is 11.5 Å². The third kappa shape index (κ3) is 3.13. The van der Waals surface area contributed by atoms with E-state index < -0.39 is 5.82 Å². The highest BCUT2D eigenvalue weighted by Crippen LogP contribution is 2.22. The summed E-state index contributed by atoms with van der Waals surface area (Å²) in [5, 5.41) is 2.99. The number of methoxy groups -OCH3 is 1. The summed E-state index contributed by atoms with van der Waals surface area (Å²) in [5.41, 5.74) is 6.70. The van der Waals surface area contributed by atoms with Gasteiger partial charge in [-0.05, 0) is 36.4 Å². The SMILES string of the molecule is COc1ccc(F)cc1CNc1ccc(N)c(F)c1. The summed E-state index contributed by atoms with van der Waals surface area (Å²) >= 11 is 0. The molecule has 3 N–H and O–H groups in total. The number of hydrogen-bond acceptors (Lipinski definition) is 3. The molecule has 0 aliphatic heterocycles.